The van der Waals surface area contributed by atoms with Crippen LogP contribution in [-0.2, 0) is 13.2 Å². The second-order valence-electron chi connectivity index (χ2n) is 4.96. The van der Waals surface area contributed by atoms with Crippen molar-refractivity contribution in [2.24, 2.45) is 0 Å². The standard InChI is InChI=1S/C17H16N2O2S2/c1-12-6-7-14(23-12)8-18-17(20)15-4-2-3-5-16(15)21-9-13-10-22-11-19-13/h2-7,10-11H,8-9H2,1H3,(H,18,20). The second-order valence-corrected chi connectivity index (χ2v) is 7.05. The van der Waals surface area contributed by atoms with Crippen LogP contribution in [-0.4, -0.2) is 10.9 Å². The SMILES string of the molecule is Cc1ccc(CNC(=O)c2ccccc2OCc2cscn2)s1. The number of para-hydroxylation sites is 1. The molecule has 0 bridgehead atoms. The summed E-state index contributed by atoms with van der Waals surface area (Å²) in [5.41, 5.74) is 3.16. The van der Waals surface area contributed by atoms with Crippen LogP contribution in [0.25, 0.3) is 0 Å². The predicted octanol–water partition coefficient (Wildman–Crippen LogP) is 4.02. The van der Waals surface area contributed by atoms with Crippen molar-refractivity contribution in [1.29, 1.82) is 0 Å². The molecule has 0 aliphatic heterocycles. The van der Waals surface area contributed by atoms with Crippen LogP contribution >= 0.6 is 22.7 Å². The van der Waals surface area contributed by atoms with Gasteiger partial charge in [0, 0.05) is 15.1 Å². The number of amides is 1. The molecule has 23 heavy (non-hydrogen) atoms. The minimum absolute atomic E-state index is 0.134. The fraction of sp³-hybridized carbons (Fsp3) is 0.176. The number of nitrogens with zero attached hydrogens (tertiary/aromatic N) is 1. The van der Waals surface area contributed by atoms with Gasteiger partial charge in [-0.3, -0.25) is 4.79 Å². The molecular formula is C17H16N2O2S2. The Labute approximate surface area is 142 Å². The number of rotatable bonds is 6. The highest BCUT2D eigenvalue weighted by Crippen LogP contribution is 2.20. The average molecular weight is 344 g/mol. The number of nitrogens with one attached hydrogen (secondary N) is 1. The molecule has 0 fully saturated rings. The number of carbonyl (C=O) groups is 1. The smallest absolute Gasteiger partial charge is 0.255 e. The molecular weight excluding hydrogens is 328 g/mol. The van der Waals surface area contributed by atoms with E-state index in [2.05, 4.69) is 23.3 Å². The fourth-order valence-electron chi connectivity index (χ4n) is 2.08. The van der Waals surface area contributed by atoms with Gasteiger partial charge in [-0.1, -0.05) is 12.1 Å². The summed E-state index contributed by atoms with van der Waals surface area (Å²) in [7, 11) is 0. The van der Waals surface area contributed by atoms with E-state index in [0.29, 0.717) is 24.5 Å². The third-order valence-corrected chi connectivity index (χ3v) is 4.85. The molecule has 0 saturated carbocycles. The Bertz CT molecular complexity index is 782. The van der Waals surface area contributed by atoms with Gasteiger partial charge in [0.05, 0.1) is 23.3 Å². The largest absolute Gasteiger partial charge is 0.486 e. The summed E-state index contributed by atoms with van der Waals surface area (Å²) in [5.74, 6) is 0.435. The van der Waals surface area contributed by atoms with Crippen molar-refractivity contribution in [3.05, 3.63) is 68.3 Å². The summed E-state index contributed by atoms with van der Waals surface area (Å²) in [6.07, 6.45) is 0. The first kappa shape index (κ1) is 15.7. The number of hydrogen-bond donors (Lipinski definition) is 1. The summed E-state index contributed by atoms with van der Waals surface area (Å²) < 4.78 is 5.74. The van der Waals surface area contributed by atoms with Gasteiger partial charge < -0.3 is 10.1 Å². The number of thiazole rings is 1. The van der Waals surface area contributed by atoms with E-state index < -0.39 is 0 Å². The number of aromatic nitrogens is 1. The fourth-order valence-corrected chi connectivity index (χ4v) is 3.46. The molecule has 0 aliphatic rings. The average Bonchev–Trinajstić information content (AvgIpc) is 3.22. The Hall–Kier alpha value is -2.18. The van der Waals surface area contributed by atoms with E-state index in [1.165, 1.54) is 16.2 Å². The lowest BCUT2D eigenvalue weighted by Gasteiger charge is -2.10. The zero-order valence-electron chi connectivity index (χ0n) is 12.6. The van der Waals surface area contributed by atoms with Crippen LogP contribution in [0.3, 0.4) is 0 Å². The molecule has 0 unspecified atom stereocenters. The lowest BCUT2D eigenvalue weighted by atomic mass is 10.2. The Balaban J connectivity index is 1.65. The molecule has 2 aromatic heterocycles. The zero-order chi connectivity index (χ0) is 16.1. The molecule has 2 heterocycles. The molecule has 0 spiro atoms. The Morgan fingerprint density at radius 2 is 2.13 bits per heavy atom. The minimum atomic E-state index is -0.134. The van der Waals surface area contributed by atoms with E-state index in [0.717, 1.165) is 10.6 Å². The summed E-state index contributed by atoms with van der Waals surface area (Å²) in [5, 5.41) is 4.87. The predicted molar refractivity (Wildman–Crippen MR) is 93.1 cm³/mol. The van der Waals surface area contributed by atoms with Gasteiger partial charge in [-0.15, -0.1) is 22.7 Å². The van der Waals surface area contributed by atoms with Crippen molar-refractivity contribution in [2.45, 2.75) is 20.1 Å². The molecule has 3 aromatic rings. The highest BCUT2D eigenvalue weighted by molar-refractivity contribution is 7.11. The molecule has 0 aliphatic carbocycles. The summed E-state index contributed by atoms with van der Waals surface area (Å²) >= 11 is 3.21. The van der Waals surface area contributed by atoms with Crippen molar-refractivity contribution in [3.63, 3.8) is 0 Å². The van der Waals surface area contributed by atoms with E-state index in [9.17, 15) is 4.79 Å². The molecule has 0 saturated heterocycles. The number of aryl methyl sites for hydroxylation is 1. The maximum Gasteiger partial charge on any atom is 0.255 e. The molecule has 1 aromatic carbocycles. The van der Waals surface area contributed by atoms with Crippen LogP contribution < -0.4 is 10.1 Å². The van der Waals surface area contributed by atoms with Gasteiger partial charge in [-0.05, 0) is 31.2 Å². The summed E-state index contributed by atoms with van der Waals surface area (Å²) in [6, 6.07) is 11.3. The van der Waals surface area contributed by atoms with Crippen molar-refractivity contribution in [1.82, 2.24) is 10.3 Å². The van der Waals surface area contributed by atoms with E-state index >= 15 is 0 Å². The van der Waals surface area contributed by atoms with Crippen molar-refractivity contribution in [3.8, 4) is 5.75 Å². The first-order valence-electron chi connectivity index (χ1n) is 7.15. The molecule has 3 rings (SSSR count). The van der Waals surface area contributed by atoms with Crippen molar-refractivity contribution < 1.29 is 9.53 Å². The maximum atomic E-state index is 12.4. The van der Waals surface area contributed by atoms with Gasteiger partial charge in [0.1, 0.15) is 12.4 Å². The van der Waals surface area contributed by atoms with Crippen LogP contribution in [0.15, 0.2) is 47.3 Å². The number of carbonyl (C=O) groups excluding carboxylic acids is 1. The highest BCUT2D eigenvalue weighted by atomic mass is 32.1. The van der Waals surface area contributed by atoms with Crippen LogP contribution in [0.4, 0.5) is 0 Å². The third kappa shape index (κ3) is 4.18. The van der Waals surface area contributed by atoms with Gasteiger partial charge in [-0.2, -0.15) is 0 Å². The topological polar surface area (TPSA) is 51.2 Å². The minimum Gasteiger partial charge on any atom is -0.486 e. The van der Waals surface area contributed by atoms with Crippen molar-refractivity contribution in [2.75, 3.05) is 0 Å². The zero-order valence-corrected chi connectivity index (χ0v) is 14.2. The highest BCUT2D eigenvalue weighted by Gasteiger charge is 2.12. The Morgan fingerprint density at radius 1 is 1.26 bits per heavy atom. The Morgan fingerprint density at radius 3 is 2.87 bits per heavy atom. The van der Waals surface area contributed by atoms with Gasteiger partial charge >= 0.3 is 0 Å². The first-order chi connectivity index (χ1) is 11.2. The summed E-state index contributed by atoms with van der Waals surface area (Å²) in [6.45, 7) is 2.94. The first-order valence-corrected chi connectivity index (χ1v) is 8.91. The lowest BCUT2D eigenvalue weighted by Crippen LogP contribution is -2.23. The van der Waals surface area contributed by atoms with Gasteiger partial charge in [0.2, 0.25) is 0 Å². The molecule has 6 heteroatoms. The van der Waals surface area contributed by atoms with E-state index in [-0.39, 0.29) is 5.91 Å². The third-order valence-electron chi connectivity index (χ3n) is 3.21. The van der Waals surface area contributed by atoms with Crippen LogP contribution in [0.2, 0.25) is 0 Å². The number of benzene rings is 1. The molecule has 4 nitrogen and oxygen atoms in total. The Kier molecular flexibility index (Phi) is 5.05. The monoisotopic (exact) mass is 344 g/mol. The summed E-state index contributed by atoms with van der Waals surface area (Å²) in [4.78, 5) is 19.0. The van der Waals surface area contributed by atoms with Crippen molar-refractivity contribution >= 4 is 28.6 Å². The number of hydrogen-bond acceptors (Lipinski definition) is 5. The number of ether oxygens (including phenoxy) is 1. The lowest BCUT2D eigenvalue weighted by molar-refractivity contribution is 0.0946. The van der Waals surface area contributed by atoms with Gasteiger partial charge in [0.25, 0.3) is 5.91 Å². The molecule has 0 radical (unpaired) electrons. The normalized spacial score (nSPS) is 10.5. The van der Waals surface area contributed by atoms with Crippen LogP contribution in [0.5, 0.6) is 5.75 Å². The van der Waals surface area contributed by atoms with Gasteiger partial charge in [0.15, 0.2) is 0 Å². The molecule has 0 atom stereocenters. The van der Waals surface area contributed by atoms with Gasteiger partial charge in [-0.25, -0.2) is 4.98 Å². The quantitative estimate of drug-likeness (QED) is 0.735. The second kappa shape index (κ2) is 7.39. The van der Waals surface area contributed by atoms with E-state index in [1.54, 1.807) is 29.0 Å². The number of thiophene rings is 1. The van der Waals surface area contributed by atoms with Crippen LogP contribution in [0.1, 0.15) is 25.8 Å². The van der Waals surface area contributed by atoms with E-state index in [4.69, 9.17) is 4.74 Å². The maximum absolute atomic E-state index is 12.4. The molecule has 118 valence electrons. The molecule has 1 amide bonds. The molecule has 1 N–H and O–H groups in total. The van der Waals surface area contributed by atoms with E-state index in [1.807, 2.05) is 23.6 Å². The van der Waals surface area contributed by atoms with Crippen LogP contribution in [0, 0.1) is 6.92 Å².